The van der Waals surface area contributed by atoms with E-state index in [1.165, 1.54) is 29.4 Å². The molecule has 2 rings (SSSR count). The molecule has 0 fully saturated rings. The second kappa shape index (κ2) is 6.45. The zero-order chi connectivity index (χ0) is 13.8. The second-order valence-electron chi connectivity index (χ2n) is 4.10. The molecule has 0 bridgehead atoms. The van der Waals surface area contributed by atoms with E-state index >= 15 is 0 Å². The van der Waals surface area contributed by atoms with Crippen LogP contribution in [0.25, 0.3) is 0 Å². The van der Waals surface area contributed by atoms with Crippen molar-refractivity contribution in [2.75, 3.05) is 7.05 Å². The molecule has 0 radical (unpaired) electrons. The summed E-state index contributed by atoms with van der Waals surface area (Å²) in [6.07, 6.45) is 0.800. The molecule has 1 atom stereocenters. The lowest BCUT2D eigenvalue weighted by Gasteiger charge is -2.15. The van der Waals surface area contributed by atoms with Crippen molar-refractivity contribution >= 4 is 23.3 Å². The van der Waals surface area contributed by atoms with E-state index in [-0.39, 0.29) is 11.9 Å². The van der Waals surface area contributed by atoms with Crippen LogP contribution in [0.4, 0.5) is 4.39 Å². The zero-order valence-corrected chi connectivity index (χ0v) is 12.7. The monoisotopic (exact) mass is 297 g/mol. The smallest absolute Gasteiger partial charge is 0.174 e. The van der Waals surface area contributed by atoms with E-state index < -0.39 is 0 Å². The Bertz CT molecular complexity index is 557. The number of halogens is 1. The molecule has 1 aromatic carbocycles. The number of aryl methyl sites for hydroxylation is 1. The third-order valence-electron chi connectivity index (χ3n) is 2.85. The van der Waals surface area contributed by atoms with Gasteiger partial charge in [0.05, 0.1) is 4.90 Å². The highest BCUT2D eigenvalue weighted by Gasteiger charge is 2.16. The fraction of sp³-hybridized carbons (Fsp3) is 0.385. The van der Waals surface area contributed by atoms with Gasteiger partial charge in [0.2, 0.25) is 0 Å². The van der Waals surface area contributed by atoms with Crippen LogP contribution in [0.1, 0.15) is 31.3 Å². The summed E-state index contributed by atoms with van der Waals surface area (Å²) in [5, 5.41) is 3.14. The second-order valence-corrected chi connectivity index (χ2v) is 6.11. The summed E-state index contributed by atoms with van der Waals surface area (Å²) in [4.78, 5) is 5.00. The molecule has 2 aromatic rings. The maximum Gasteiger partial charge on any atom is 0.174 e. The molecule has 1 heterocycles. The van der Waals surface area contributed by atoms with Crippen molar-refractivity contribution in [1.29, 1.82) is 0 Å². The van der Waals surface area contributed by atoms with Gasteiger partial charge in [-0.25, -0.2) is 9.37 Å². The van der Waals surface area contributed by atoms with Crippen LogP contribution in [-0.4, -0.2) is 16.4 Å². The van der Waals surface area contributed by atoms with Gasteiger partial charge in [-0.15, -0.1) is 0 Å². The third kappa shape index (κ3) is 3.32. The fourth-order valence-corrected chi connectivity index (χ4v) is 3.50. The molecule has 0 saturated heterocycles. The minimum Gasteiger partial charge on any atom is -0.313 e. The molecule has 19 heavy (non-hydrogen) atoms. The van der Waals surface area contributed by atoms with E-state index in [0.717, 1.165) is 22.1 Å². The molecule has 0 aliphatic carbocycles. The highest BCUT2D eigenvalue weighted by molar-refractivity contribution is 8.01. The fourth-order valence-electron chi connectivity index (χ4n) is 1.64. The summed E-state index contributed by atoms with van der Waals surface area (Å²) in [5.41, 5.74) is 0.945. The van der Waals surface area contributed by atoms with Crippen molar-refractivity contribution in [3.63, 3.8) is 0 Å². The molecule has 1 aromatic heterocycles. The molecule has 6 heteroatoms. The highest BCUT2D eigenvalue weighted by atomic mass is 32.2. The zero-order valence-electron chi connectivity index (χ0n) is 11.1. The predicted octanol–water partition coefficient (Wildman–Crippen LogP) is 3.67. The Kier molecular flexibility index (Phi) is 4.90. The van der Waals surface area contributed by atoms with Gasteiger partial charge >= 0.3 is 0 Å². The van der Waals surface area contributed by atoms with Crippen LogP contribution in [0.2, 0.25) is 0 Å². The normalized spacial score (nSPS) is 12.6. The van der Waals surface area contributed by atoms with Gasteiger partial charge in [0.15, 0.2) is 4.34 Å². The van der Waals surface area contributed by atoms with Gasteiger partial charge in [-0.2, -0.15) is 4.37 Å². The minimum absolute atomic E-state index is 0.0942. The quantitative estimate of drug-likeness (QED) is 0.913. The number of aromatic nitrogens is 2. The van der Waals surface area contributed by atoms with Crippen LogP contribution in [0, 0.1) is 5.82 Å². The molecule has 0 aliphatic rings. The lowest BCUT2D eigenvalue weighted by molar-refractivity contribution is 0.576. The van der Waals surface area contributed by atoms with E-state index in [1.807, 2.05) is 27.0 Å². The molecule has 3 nitrogen and oxygen atoms in total. The molecule has 102 valence electrons. The van der Waals surface area contributed by atoms with E-state index in [2.05, 4.69) is 14.7 Å². The van der Waals surface area contributed by atoms with Crippen LogP contribution >= 0.6 is 23.3 Å². The number of rotatable bonds is 5. The predicted molar refractivity (Wildman–Crippen MR) is 77.3 cm³/mol. The number of hydrogen-bond acceptors (Lipinski definition) is 5. The van der Waals surface area contributed by atoms with Crippen molar-refractivity contribution in [3.05, 3.63) is 35.4 Å². The summed E-state index contributed by atoms with van der Waals surface area (Å²) in [6.45, 7) is 4.02. The van der Waals surface area contributed by atoms with Crippen molar-refractivity contribution in [1.82, 2.24) is 14.7 Å². The first-order valence-corrected chi connectivity index (χ1v) is 7.70. The average Bonchev–Trinajstić information content (AvgIpc) is 2.88. The lowest BCUT2D eigenvalue weighted by atomic mass is 10.1. The number of nitrogens with zero attached hydrogens (tertiary/aromatic N) is 2. The van der Waals surface area contributed by atoms with E-state index in [4.69, 9.17) is 0 Å². The van der Waals surface area contributed by atoms with Crippen molar-refractivity contribution in [3.8, 4) is 0 Å². The van der Waals surface area contributed by atoms with Crippen LogP contribution in [0.5, 0.6) is 0 Å². The molecule has 0 aliphatic heterocycles. The molecule has 0 amide bonds. The number of benzene rings is 1. The molecular formula is C13H16FN3S2. The first kappa shape index (κ1) is 14.4. The molecule has 1 unspecified atom stereocenters. The van der Waals surface area contributed by atoms with Crippen LogP contribution in [0.3, 0.4) is 0 Å². The van der Waals surface area contributed by atoms with Gasteiger partial charge in [0.1, 0.15) is 11.6 Å². The topological polar surface area (TPSA) is 37.8 Å². The summed E-state index contributed by atoms with van der Waals surface area (Å²) >= 11 is 2.67. The van der Waals surface area contributed by atoms with E-state index in [1.54, 1.807) is 6.07 Å². The Morgan fingerprint density at radius 3 is 2.89 bits per heavy atom. The SMILES string of the molecule is CCc1nsc(Sc2c(F)cccc2C(C)NC)n1. The molecule has 0 spiro atoms. The standard InChI is InChI=1S/C13H16FN3S2/c1-4-11-16-13(19-17-11)18-12-9(8(2)15-3)6-5-7-10(12)14/h5-8,15H,4H2,1-3H3. The summed E-state index contributed by atoms with van der Waals surface area (Å²) in [6, 6.07) is 5.25. The number of nitrogens with one attached hydrogen (secondary N) is 1. The maximum atomic E-state index is 14.0. The van der Waals surface area contributed by atoms with Crippen LogP contribution in [0.15, 0.2) is 27.4 Å². The van der Waals surface area contributed by atoms with E-state index in [0.29, 0.717) is 4.90 Å². The Balaban J connectivity index is 2.32. The maximum absolute atomic E-state index is 14.0. The lowest BCUT2D eigenvalue weighted by Crippen LogP contribution is -2.13. The third-order valence-corrected chi connectivity index (χ3v) is 4.78. The van der Waals surface area contributed by atoms with Gasteiger partial charge < -0.3 is 5.32 Å². The Labute approximate surface area is 120 Å². The van der Waals surface area contributed by atoms with Crippen LogP contribution < -0.4 is 5.32 Å². The summed E-state index contributed by atoms with van der Waals surface area (Å²) in [7, 11) is 1.87. The first-order valence-electron chi connectivity index (χ1n) is 6.11. The number of hydrogen-bond donors (Lipinski definition) is 1. The van der Waals surface area contributed by atoms with Crippen LogP contribution in [-0.2, 0) is 6.42 Å². The highest BCUT2D eigenvalue weighted by Crippen LogP contribution is 2.36. The van der Waals surface area contributed by atoms with Crippen molar-refractivity contribution in [2.45, 2.75) is 35.5 Å². The Morgan fingerprint density at radius 2 is 2.26 bits per heavy atom. The van der Waals surface area contributed by atoms with E-state index in [9.17, 15) is 4.39 Å². The van der Waals surface area contributed by atoms with Gasteiger partial charge in [-0.05, 0) is 37.1 Å². The van der Waals surface area contributed by atoms with Gasteiger partial charge in [0.25, 0.3) is 0 Å². The molecular weight excluding hydrogens is 281 g/mol. The average molecular weight is 297 g/mol. The largest absolute Gasteiger partial charge is 0.313 e. The van der Waals surface area contributed by atoms with Crippen molar-refractivity contribution in [2.24, 2.45) is 0 Å². The molecule has 1 N–H and O–H groups in total. The van der Waals surface area contributed by atoms with Gasteiger partial charge in [-0.1, -0.05) is 30.8 Å². The van der Waals surface area contributed by atoms with Gasteiger partial charge in [0, 0.05) is 12.5 Å². The summed E-state index contributed by atoms with van der Waals surface area (Å²) in [5.74, 6) is 0.602. The van der Waals surface area contributed by atoms with Crippen molar-refractivity contribution < 1.29 is 4.39 Å². The van der Waals surface area contributed by atoms with Gasteiger partial charge in [-0.3, -0.25) is 0 Å². The summed E-state index contributed by atoms with van der Waals surface area (Å²) < 4.78 is 19.0. The molecule has 0 saturated carbocycles. The first-order chi connectivity index (χ1) is 9.15. The Hall–Kier alpha value is -0.980. The Morgan fingerprint density at radius 1 is 1.47 bits per heavy atom. The minimum atomic E-state index is -0.210.